The van der Waals surface area contributed by atoms with Gasteiger partial charge >= 0.3 is 12.0 Å². The second kappa shape index (κ2) is 8.22. The van der Waals surface area contributed by atoms with Crippen LogP contribution in [-0.4, -0.2) is 77.1 Å². The molecular weight excluding hydrogens is 270 g/mol. The number of piperazine rings is 1. The fourth-order valence-electron chi connectivity index (χ4n) is 2.50. The minimum atomic E-state index is -0.767. The summed E-state index contributed by atoms with van der Waals surface area (Å²) in [6.07, 6.45) is 0.166. The topological polar surface area (TPSA) is 64.1 Å². The van der Waals surface area contributed by atoms with Gasteiger partial charge in [-0.25, -0.2) is 4.79 Å². The number of hydrogen-bond acceptors (Lipinski definition) is 3. The fourth-order valence-corrected chi connectivity index (χ4v) is 2.50. The van der Waals surface area contributed by atoms with Gasteiger partial charge in [-0.1, -0.05) is 13.8 Å². The van der Waals surface area contributed by atoms with Crippen molar-refractivity contribution >= 4 is 12.0 Å². The molecule has 1 N–H and O–H groups in total. The van der Waals surface area contributed by atoms with Crippen LogP contribution in [0, 0.1) is 5.92 Å². The molecule has 0 bridgehead atoms. The maximum Gasteiger partial charge on any atom is 0.320 e. The molecule has 0 aromatic heterocycles. The van der Waals surface area contributed by atoms with Gasteiger partial charge in [-0.15, -0.1) is 0 Å². The van der Waals surface area contributed by atoms with Crippen molar-refractivity contribution in [2.24, 2.45) is 5.92 Å². The van der Waals surface area contributed by atoms with Crippen LogP contribution in [0.5, 0.6) is 0 Å². The molecule has 1 aliphatic rings. The number of urea groups is 1. The van der Waals surface area contributed by atoms with E-state index in [9.17, 15) is 9.59 Å². The molecule has 0 saturated carbocycles. The van der Waals surface area contributed by atoms with E-state index in [1.54, 1.807) is 0 Å². The SMILES string of the molecule is CC(C)CN(C(=O)N1CCN(CCC(=O)O)CC1)C(C)C. The molecule has 1 saturated heterocycles. The first-order valence-corrected chi connectivity index (χ1v) is 7.81. The van der Waals surface area contributed by atoms with Crippen molar-refractivity contribution in [1.29, 1.82) is 0 Å². The van der Waals surface area contributed by atoms with E-state index in [2.05, 4.69) is 18.7 Å². The summed E-state index contributed by atoms with van der Waals surface area (Å²) in [4.78, 5) is 29.1. The van der Waals surface area contributed by atoms with Crippen LogP contribution >= 0.6 is 0 Å². The number of carboxylic acids is 1. The van der Waals surface area contributed by atoms with Crippen molar-refractivity contribution in [3.05, 3.63) is 0 Å². The average Bonchev–Trinajstić information content (AvgIpc) is 2.42. The lowest BCUT2D eigenvalue weighted by molar-refractivity contribution is -0.137. The Bertz CT molecular complexity index is 350. The molecule has 2 amide bonds. The summed E-state index contributed by atoms with van der Waals surface area (Å²) in [6.45, 7) is 12.5. The van der Waals surface area contributed by atoms with Crippen LogP contribution in [0.4, 0.5) is 4.79 Å². The van der Waals surface area contributed by atoms with Crippen LogP contribution in [0.2, 0.25) is 0 Å². The van der Waals surface area contributed by atoms with Crippen molar-refractivity contribution in [2.45, 2.75) is 40.2 Å². The summed E-state index contributed by atoms with van der Waals surface area (Å²) in [7, 11) is 0. The van der Waals surface area contributed by atoms with Crippen molar-refractivity contribution in [3.8, 4) is 0 Å². The molecule has 6 nitrogen and oxygen atoms in total. The first kappa shape index (κ1) is 17.8. The van der Waals surface area contributed by atoms with Crippen LogP contribution in [0.15, 0.2) is 0 Å². The molecule has 0 unspecified atom stereocenters. The number of aliphatic carboxylic acids is 1. The van der Waals surface area contributed by atoms with E-state index in [1.165, 1.54) is 0 Å². The van der Waals surface area contributed by atoms with Gasteiger partial charge in [0.2, 0.25) is 0 Å². The number of amides is 2. The molecule has 0 radical (unpaired) electrons. The third-order valence-corrected chi connectivity index (χ3v) is 3.72. The molecular formula is C15H29N3O3. The van der Waals surface area contributed by atoms with Gasteiger partial charge in [0.25, 0.3) is 0 Å². The monoisotopic (exact) mass is 299 g/mol. The molecule has 1 aliphatic heterocycles. The average molecular weight is 299 g/mol. The predicted molar refractivity (Wildman–Crippen MR) is 82.3 cm³/mol. The molecule has 0 aliphatic carbocycles. The van der Waals surface area contributed by atoms with E-state index in [0.717, 1.165) is 19.6 Å². The minimum absolute atomic E-state index is 0.108. The molecule has 6 heteroatoms. The number of nitrogens with zero attached hydrogens (tertiary/aromatic N) is 3. The standard InChI is InChI=1S/C15H29N3O3/c1-12(2)11-18(13(3)4)15(21)17-9-7-16(8-10-17)6-5-14(19)20/h12-13H,5-11H2,1-4H3,(H,19,20). The molecule has 1 heterocycles. The van der Waals surface area contributed by atoms with E-state index >= 15 is 0 Å². The molecule has 1 fully saturated rings. The van der Waals surface area contributed by atoms with E-state index in [-0.39, 0.29) is 18.5 Å². The van der Waals surface area contributed by atoms with Crippen molar-refractivity contribution < 1.29 is 14.7 Å². The molecule has 122 valence electrons. The van der Waals surface area contributed by atoms with Gasteiger partial charge < -0.3 is 14.9 Å². The van der Waals surface area contributed by atoms with Gasteiger partial charge in [0.05, 0.1) is 6.42 Å². The summed E-state index contributed by atoms with van der Waals surface area (Å²) in [5.74, 6) is -0.315. The Morgan fingerprint density at radius 3 is 2.10 bits per heavy atom. The van der Waals surface area contributed by atoms with Crippen molar-refractivity contribution in [1.82, 2.24) is 14.7 Å². The van der Waals surface area contributed by atoms with Crippen LogP contribution in [-0.2, 0) is 4.79 Å². The summed E-state index contributed by atoms with van der Waals surface area (Å²) < 4.78 is 0. The number of carbonyl (C=O) groups excluding carboxylic acids is 1. The number of hydrogen-bond donors (Lipinski definition) is 1. The lowest BCUT2D eigenvalue weighted by Crippen LogP contribution is -2.54. The normalized spacial score (nSPS) is 16.6. The second-order valence-corrected chi connectivity index (χ2v) is 6.39. The lowest BCUT2D eigenvalue weighted by atomic mass is 10.2. The van der Waals surface area contributed by atoms with Gasteiger partial charge in [-0.05, 0) is 19.8 Å². The Kier molecular flexibility index (Phi) is 6.95. The summed E-state index contributed by atoms with van der Waals surface area (Å²) >= 11 is 0. The van der Waals surface area contributed by atoms with E-state index in [1.807, 2.05) is 23.6 Å². The first-order chi connectivity index (χ1) is 9.81. The fraction of sp³-hybridized carbons (Fsp3) is 0.867. The molecule has 0 atom stereocenters. The molecule has 1 rings (SSSR count). The van der Waals surface area contributed by atoms with Crippen LogP contribution < -0.4 is 0 Å². The molecule has 0 aromatic carbocycles. The summed E-state index contributed by atoms with van der Waals surface area (Å²) in [5, 5.41) is 8.70. The summed E-state index contributed by atoms with van der Waals surface area (Å²) in [5.41, 5.74) is 0. The summed E-state index contributed by atoms with van der Waals surface area (Å²) in [6, 6.07) is 0.307. The van der Waals surface area contributed by atoms with E-state index in [0.29, 0.717) is 25.6 Å². The quantitative estimate of drug-likeness (QED) is 0.808. The van der Waals surface area contributed by atoms with Gasteiger partial charge in [-0.3, -0.25) is 9.69 Å². The van der Waals surface area contributed by atoms with Crippen LogP contribution in [0.25, 0.3) is 0 Å². The Morgan fingerprint density at radius 2 is 1.67 bits per heavy atom. The third-order valence-electron chi connectivity index (χ3n) is 3.72. The molecule has 0 aromatic rings. The van der Waals surface area contributed by atoms with Gasteiger partial charge in [0, 0.05) is 45.3 Å². The van der Waals surface area contributed by atoms with E-state index in [4.69, 9.17) is 5.11 Å². The van der Waals surface area contributed by atoms with Crippen molar-refractivity contribution in [3.63, 3.8) is 0 Å². The van der Waals surface area contributed by atoms with Gasteiger partial charge in [-0.2, -0.15) is 0 Å². The van der Waals surface area contributed by atoms with Gasteiger partial charge in [0.1, 0.15) is 0 Å². The highest BCUT2D eigenvalue weighted by Crippen LogP contribution is 2.11. The lowest BCUT2D eigenvalue weighted by Gasteiger charge is -2.39. The third kappa shape index (κ3) is 5.91. The zero-order chi connectivity index (χ0) is 16.0. The predicted octanol–water partition coefficient (Wildman–Crippen LogP) is 1.57. The van der Waals surface area contributed by atoms with Crippen LogP contribution in [0.1, 0.15) is 34.1 Å². The molecule has 0 spiro atoms. The Balaban J connectivity index is 2.47. The minimum Gasteiger partial charge on any atom is -0.481 e. The number of rotatable bonds is 6. The van der Waals surface area contributed by atoms with E-state index < -0.39 is 5.97 Å². The van der Waals surface area contributed by atoms with Gasteiger partial charge in [0.15, 0.2) is 0 Å². The zero-order valence-corrected chi connectivity index (χ0v) is 13.7. The van der Waals surface area contributed by atoms with Crippen molar-refractivity contribution in [2.75, 3.05) is 39.3 Å². The highest BCUT2D eigenvalue weighted by atomic mass is 16.4. The zero-order valence-electron chi connectivity index (χ0n) is 13.7. The smallest absolute Gasteiger partial charge is 0.320 e. The highest BCUT2D eigenvalue weighted by Gasteiger charge is 2.27. The number of carboxylic acid groups (broad SMARTS) is 1. The maximum absolute atomic E-state index is 12.6. The molecule has 21 heavy (non-hydrogen) atoms. The Morgan fingerprint density at radius 1 is 1.10 bits per heavy atom. The Hall–Kier alpha value is -1.30. The maximum atomic E-state index is 12.6. The largest absolute Gasteiger partial charge is 0.481 e. The number of carbonyl (C=O) groups is 2. The van der Waals surface area contributed by atoms with Crippen LogP contribution in [0.3, 0.4) is 0 Å². The first-order valence-electron chi connectivity index (χ1n) is 7.81. The highest BCUT2D eigenvalue weighted by molar-refractivity contribution is 5.75. The Labute approximate surface area is 127 Å². The second-order valence-electron chi connectivity index (χ2n) is 6.39.